The zero-order valence-corrected chi connectivity index (χ0v) is 41.3. The van der Waals surface area contributed by atoms with Gasteiger partial charge in [0.05, 0.1) is 22.6 Å². The van der Waals surface area contributed by atoms with Gasteiger partial charge >= 0.3 is 0 Å². The number of aryl methyl sites for hydroxylation is 3. The number of aliphatic hydroxyl groups is 2. The van der Waals surface area contributed by atoms with E-state index in [1.807, 2.05) is 56.5 Å². The Morgan fingerprint density at radius 2 is 1.12 bits per heavy atom. The summed E-state index contributed by atoms with van der Waals surface area (Å²) < 4.78 is 4.26. The number of pyridine rings is 1. The van der Waals surface area contributed by atoms with E-state index in [1.54, 1.807) is 0 Å². The molecule has 1 aliphatic heterocycles. The maximum atomic E-state index is 13.7. The van der Waals surface area contributed by atoms with Gasteiger partial charge in [-0.1, -0.05) is 34.8 Å². The van der Waals surface area contributed by atoms with Crippen molar-refractivity contribution in [3.8, 4) is 0 Å². The first-order chi connectivity index (χ1) is 31.5. The molecule has 0 aromatic carbocycles. The van der Waals surface area contributed by atoms with Crippen molar-refractivity contribution in [2.75, 3.05) is 10.6 Å². The molecular formula is C58H90N6O4. The van der Waals surface area contributed by atoms with E-state index in [9.17, 15) is 19.8 Å². The van der Waals surface area contributed by atoms with Crippen molar-refractivity contribution in [1.82, 2.24) is 18.9 Å². The SMILES string of the molecule is C.C.Cc1nc2ccccn2c1NC(=O)[C@H]1CC[C@H]2[C@@H]3CC[C@@H]4C[C@](C)(O)CC[C@@H]4[C@H]3CC[C@]12C.Cc1nc2n(c1NC(=O)[C@H]1CC[C@H]3[C@@H]4CC[C@@H]5C[C@](C)(O)CC[C@@H]5[C@H]4CC[C@]13C)CCCC2. The molecule has 0 radical (unpaired) electrons. The van der Waals surface area contributed by atoms with Crippen molar-refractivity contribution in [3.05, 3.63) is 41.6 Å². The first-order valence-corrected chi connectivity index (χ1v) is 27.1. The molecule has 376 valence electrons. The Morgan fingerprint density at radius 1 is 0.603 bits per heavy atom. The normalized spacial score (nSPS) is 42.1. The second-order valence-corrected chi connectivity index (χ2v) is 25.2. The van der Waals surface area contributed by atoms with Gasteiger partial charge in [0, 0.05) is 31.0 Å². The highest BCUT2D eigenvalue weighted by atomic mass is 16.3. The van der Waals surface area contributed by atoms with Crippen molar-refractivity contribution in [2.45, 2.75) is 209 Å². The summed E-state index contributed by atoms with van der Waals surface area (Å²) in [4.78, 5) is 36.7. The van der Waals surface area contributed by atoms with Crippen LogP contribution in [0.25, 0.3) is 5.65 Å². The number of aromatic nitrogens is 4. The van der Waals surface area contributed by atoms with E-state index in [1.165, 1.54) is 89.9 Å². The Bertz CT molecular complexity index is 2330. The van der Waals surface area contributed by atoms with Crippen LogP contribution >= 0.6 is 0 Å². The minimum absolute atomic E-state index is 0. The van der Waals surface area contributed by atoms with Gasteiger partial charge in [0.25, 0.3) is 0 Å². The highest BCUT2D eigenvalue weighted by Gasteiger charge is 2.61. The highest BCUT2D eigenvalue weighted by Crippen LogP contribution is 2.66. The van der Waals surface area contributed by atoms with Crippen LogP contribution < -0.4 is 10.6 Å². The van der Waals surface area contributed by atoms with Crippen LogP contribution in [0.15, 0.2) is 24.4 Å². The summed E-state index contributed by atoms with van der Waals surface area (Å²) in [6.45, 7) is 14.0. The molecule has 3 aromatic heterocycles. The van der Waals surface area contributed by atoms with Gasteiger partial charge in [-0.25, -0.2) is 9.97 Å². The van der Waals surface area contributed by atoms with Gasteiger partial charge in [0.15, 0.2) is 0 Å². The quantitative estimate of drug-likeness (QED) is 0.206. The van der Waals surface area contributed by atoms with Gasteiger partial charge in [-0.3, -0.25) is 14.0 Å². The Labute approximate surface area is 409 Å². The molecule has 3 aromatic rings. The van der Waals surface area contributed by atoms with Crippen molar-refractivity contribution in [2.24, 2.45) is 81.8 Å². The lowest BCUT2D eigenvalue weighted by Gasteiger charge is -2.56. The number of hydrogen-bond acceptors (Lipinski definition) is 6. The van der Waals surface area contributed by atoms with Crippen LogP contribution in [0.5, 0.6) is 0 Å². The number of nitrogens with zero attached hydrogens (tertiary/aromatic N) is 4. The molecule has 2 amide bonds. The summed E-state index contributed by atoms with van der Waals surface area (Å²) in [6, 6.07) is 5.95. The minimum Gasteiger partial charge on any atom is -0.390 e. The molecule has 8 aliphatic carbocycles. The fourth-order valence-corrected chi connectivity index (χ4v) is 18.5. The number of anilines is 2. The molecule has 4 N–H and O–H groups in total. The molecule has 9 aliphatic rings. The third kappa shape index (κ3) is 8.41. The number of carbonyl (C=O) groups excluding carboxylic acids is 2. The molecule has 10 heteroatoms. The molecule has 0 spiro atoms. The van der Waals surface area contributed by atoms with E-state index in [0.29, 0.717) is 17.8 Å². The molecule has 0 saturated heterocycles. The molecular weight excluding hydrogens is 845 g/mol. The number of nitrogens with one attached hydrogen (secondary N) is 2. The minimum atomic E-state index is -0.455. The smallest absolute Gasteiger partial charge is 0.229 e. The summed E-state index contributed by atoms with van der Waals surface area (Å²) in [5.41, 5.74) is 2.08. The molecule has 4 heterocycles. The van der Waals surface area contributed by atoms with Gasteiger partial charge in [-0.15, -0.1) is 0 Å². The van der Waals surface area contributed by atoms with Crippen LogP contribution in [-0.4, -0.2) is 52.2 Å². The van der Waals surface area contributed by atoms with Crippen LogP contribution in [0.4, 0.5) is 11.6 Å². The van der Waals surface area contributed by atoms with E-state index >= 15 is 0 Å². The first-order valence-electron chi connectivity index (χ1n) is 27.1. The number of fused-ring (bicyclic) bond motifs is 12. The summed E-state index contributed by atoms with van der Waals surface area (Å²) in [7, 11) is 0. The van der Waals surface area contributed by atoms with Gasteiger partial charge in [-0.2, -0.15) is 0 Å². The van der Waals surface area contributed by atoms with Crippen molar-refractivity contribution < 1.29 is 19.8 Å². The molecule has 8 fully saturated rings. The number of carbonyl (C=O) groups is 2. The molecule has 10 nitrogen and oxygen atoms in total. The van der Waals surface area contributed by atoms with Crippen LogP contribution in [0.2, 0.25) is 0 Å². The van der Waals surface area contributed by atoms with E-state index in [4.69, 9.17) is 4.98 Å². The molecule has 0 unspecified atom stereocenters. The van der Waals surface area contributed by atoms with E-state index < -0.39 is 11.2 Å². The Balaban J connectivity index is 0.000000165. The monoisotopic (exact) mass is 935 g/mol. The standard InChI is InChI=1S/C28H43N3O2.C28H39N3O2.2CH4/c2*1-17-25(31-15-5-4-6-24(31)29-17)30-26(32)23-10-9-22-21-8-7-18-16-27(2,33)13-11-19(18)20(21)12-14-28(22,23)3;;/h18-23,33H,4-16H2,1-3H3,(H,30,32);4-6,15,18-23,33H,7-14,16H2,1-3H3,(H,30,32);2*1H4/t2*18-,19+,20-,21-,22+,23-,27-,28+;;/m11../s1. The topological polar surface area (TPSA) is 134 Å². The lowest BCUT2D eigenvalue weighted by molar-refractivity contribution is -0.130. The molecule has 12 rings (SSSR count). The predicted molar refractivity (Wildman–Crippen MR) is 273 cm³/mol. The van der Waals surface area contributed by atoms with Crippen LogP contribution in [0, 0.1) is 95.7 Å². The largest absolute Gasteiger partial charge is 0.390 e. The Hall–Kier alpha value is -3.24. The fourth-order valence-electron chi connectivity index (χ4n) is 18.5. The van der Waals surface area contributed by atoms with Crippen LogP contribution in [0.3, 0.4) is 0 Å². The van der Waals surface area contributed by atoms with Crippen LogP contribution in [-0.2, 0) is 22.6 Å². The van der Waals surface area contributed by atoms with E-state index in [0.717, 1.165) is 127 Å². The molecule has 8 saturated carbocycles. The maximum absolute atomic E-state index is 13.7. The second kappa shape index (κ2) is 18.4. The van der Waals surface area contributed by atoms with Crippen LogP contribution in [0.1, 0.15) is 188 Å². The number of hydrogen-bond donors (Lipinski definition) is 4. The highest BCUT2D eigenvalue weighted by molar-refractivity contribution is 5.94. The lowest BCUT2D eigenvalue weighted by Crippen LogP contribution is -2.51. The molecule has 68 heavy (non-hydrogen) atoms. The predicted octanol–water partition coefficient (Wildman–Crippen LogP) is 12.4. The zero-order valence-electron chi connectivity index (χ0n) is 41.3. The van der Waals surface area contributed by atoms with E-state index in [-0.39, 0.29) is 49.3 Å². The second-order valence-electron chi connectivity index (χ2n) is 25.2. The van der Waals surface area contributed by atoms with E-state index in [2.05, 4.69) is 34.0 Å². The summed E-state index contributed by atoms with van der Waals surface area (Å²) >= 11 is 0. The average molecular weight is 935 g/mol. The van der Waals surface area contributed by atoms with Crippen molar-refractivity contribution >= 4 is 29.1 Å². The summed E-state index contributed by atoms with van der Waals surface area (Å²) in [5, 5.41) is 28.0. The van der Waals surface area contributed by atoms with Gasteiger partial charge in [-0.05, 0) is 238 Å². The number of amides is 2. The zero-order chi connectivity index (χ0) is 45.9. The number of rotatable bonds is 4. The van der Waals surface area contributed by atoms with Crippen molar-refractivity contribution in [1.29, 1.82) is 0 Å². The Kier molecular flexibility index (Phi) is 13.5. The molecule has 0 bridgehead atoms. The summed E-state index contributed by atoms with van der Waals surface area (Å²) in [5.74, 6) is 11.1. The maximum Gasteiger partial charge on any atom is 0.229 e. The van der Waals surface area contributed by atoms with Gasteiger partial charge in [0.2, 0.25) is 11.8 Å². The number of imidazole rings is 2. The lowest BCUT2D eigenvalue weighted by atomic mass is 9.49. The van der Waals surface area contributed by atoms with Gasteiger partial charge in [0.1, 0.15) is 23.1 Å². The molecule has 16 atom stereocenters. The third-order valence-corrected chi connectivity index (χ3v) is 21.5. The summed E-state index contributed by atoms with van der Waals surface area (Å²) in [6.07, 6.45) is 26.2. The van der Waals surface area contributed by atoms with Crippen molar-refractivity contribution in [3.63, 3.8) is 0 Å². The average Bonchev–Trinajstić information content (AvgIpc) is 4.02. The fraction of sp³-hybridized carbons (Fsp3) is 0.793. The first kappa shape index (κ1) is 49.7. The van der Waals surface area contributed by atoms with Gasteiger partial charge < -0.3 is 25.4 Å². The third-order valence-electron chi connectivity index (χ3n) is 21.5. The Morgan fingerprint density at radius 3 is 1.68 bits per heavy atom.